The number of aromatic nitrogens is 2. The zero-order chi connectivity index (χ0) is 16.6. The summed E-state index contributed by atoms with van der Waals surface area (Å²) in [5, 5.41) is 9.78. The lowest BCUT2D eigenvalue weighted by molar-refractivity contribution is 0.235. The largest absolute Gasteiger partial charge is 0.369 e. The third kappa shape index (κ3) is 2.81. The van der Waals surface area contributed by atoms with Gasteiger partial charge >= 0.3 is 0 Å². The smallest absolute Gasteiger partial charge is 0.198 e. The topological polar surface area (TPSA) is 99.3 Å². The average Bonchev–Trinajstić information content (AvgIpc) is 2.91. The van der Waals surface area contributed by atoms with Crippen molar-refractivity contribution in [1.82, 2.24) is 15.4 Å². The highest BCUT2D eigenvalue weighted by Crippen LogP contribution is 2.25. The van der Waals surface area contributed by atoms with Crippen LogP contribution >= 0.6 is 11.6 Å². The number of nitrogens with zero attached hydrogens (tertiary/aromatic N) is 2. The predicted molar refractivity (Wildman–Crippen MR) is 83.0 cm³/mol. The summed E-state index contributed by atoms with van der Waals surface area (Å²) in [6, 6.07) is 7.35. The molecule has 0 saturated heterocycles. The molecule has 1 heterocycles. The molecule has 9 heteroatoms. The molecule has 0 fully saturated rings. The quantitative estimate of drug-likeness (QED) is 0.328. The van der Waals surface area contributed by atoms with Gasteiger partial charge in [0.15, 0.2) is 23.4 Å². The van der Waals surface area contributed by atoms with Gasteiger partial charge in [0.1, 0.15) is 5.52 Å². The zero-order valence-corrected chi connectivity index (χ0v) is 12.2. The van der Waals surface area contributed by atoms with Gasteiger partial charge in [-0.15, -0.1) is 0 Å². The second-order valence-corrected chi connectivity index (χ2v) is 5.05. The summed E-state index contributed by atoms with van der Waals surface area (Å²) in [5.74, 6) is -2.50. The molecule has 0 atom stereocenters. The van der Waals surface area contributed by atoms with Crippen LogP contribution in [-0.4, -0.2) is 21.0 Å². The molecule has 23 heavy (non-hydrogen) atoms. The number of nitrogens with two attached hydrogens (primary N) is 1. The molecule has 1 aromatic heterocycles. The second-order valence-electron chi connectivity index (χ2n) is 4.62. The zero-order valence-electron chi connectivity index (χ0n) is 11.4. The first-order chi connectivity index (χ1) is 11.0. The minimum Gasteiger partial charge on any atom is -0.369 e. The molecule has 0 bridgehead atoms. The van der Waals surface area contributed by atoms with E-state index in [-0.39, 0.29) is 28.4 Å². The number of aliphatic imine (C=N–C) groups is 1. The highest BCUT2D eigenvalue weighted by atomic mass is 35.5. The summed E-state index contributed by atoms with van der Waals surface area (Å²) in [4.78, 5) is 10.4. The van der Waals surface area contributed by atoms with E-state index in [0.29, 0.717) is 10.7 Å². The molecule has 0 unspecified atom stereocenters. The molecule has 3 rings (SSSR count). The number of anilines is 1. The lowest BCUT2D eigenvalue weighted by Gasteiger charge is -2.07. The number of aromatic amines is 1. The number of rotatable bonds is 2. The molecule has 5 N–H and O–H groups in total. The molecule has 0 radical (unpaired) electrons. The number of halogens is 3. The molecule has 0 spiro atoms. The number of nitrogen functional groups attached to an aromatic ring is 1. The van der Waals surface area contributed by atoms with Crippen LogP contribution in [0.25, 0.3) is 11.0 Å². The van der Waals surface area contributed by atoms with E-state index in [0.717, 1.165) is 6.07 Å². The van der Waals surface area contributed by atoms with Crippen LogP contribution in [-0.2, 0) is 0 Å². The van der Waals surface area contributed by atoms with Crippen LogP contribution in [0.3, 0.4) is 0 Å². The first kappa shape index (κ1) is 15.2. The van der Waals surface area contributed by atoms with Crippen LogP contribution in [0.15, 0.2) is 35.3 Å². The van der Waals surface area contributed by atoms with Crippen LogP contribution in [0, 0.1) is 11.6 Å². The summed E-state index contributed by atoms with van der Waals surface area (Å²) in [7, 11) is 0. The van der Waals surface area contributed by atoms with Gasteiger partial charge in [0.05, 0.1) is 11.2 Å². The number of benzene rings is 2. The Balaban J connectivity index is 2.23. The van der Waals surface area contributed by atoms with Crippen LogP contribution in [0.5, 0.6) is 0 Å². The minimum absolute atomic E-state index is 0.0607. The molecule has 0 amide bonds. The number of amidine groups is 1. The van der Waals surface area contributed by atoms with E-state index in [2.05, 4.69) is 15.0 Å². The highest BCUT2D eigenvalue weighted by Gasteiger charge is 2.19. The first-order valence-electron chi connectivity index (χ1n) is 6.37. The lowest BCUT2D eigenvalue weighted by atomic mass is 10.1. The van der Waals surface area contributed by atoms with E-state index in [4.69, 9.17) is 17.3 Å². The van der Waals surface area contributed by atoms with Crippen molar-refractivity contribution < 1.29 is 14.0 Å². The molecule has 2 aromatic carbocycles. The maximum atomic E-state index is 13.8. The fourth-order valence-corrected chi connectivity index (χ4v) is 2.31. The van der Waals surface area contributed by atoms with Gasteiger partial charge in [-0.3, -0.25) is 10.7 Å². The van der Waals surface area contributed by atoms with Gasteiger partial charge < -0.3 is 10.7 Å². The Labute approximate surface area is 133 Å². The second kappa shape index (κ2) is 5.82. The average molecular weight is 338 g/mol. The van der Waals surface area contributed by atoms with E-state index in [9.17, 15) is 14.0 Å². The molecule has 3 aromatic rings. The van der Waals surface area contributed by atoms with Crippen molar-refractivity contribution in [2.45, 2.75) is 0 Å². The van der Waals surface area contributed by atoms with Crippen molar-refractivity contribution in [2.24, 2.45) is 4.99 Å². The van der Waals surface area contributed by atoms with E-state index < -0.39 is 11.6 Å². The molecule has 0 aliphatic rings. The molecule has 0 aliphatic carbocycles. The van der Waals surface area contributed by atoms with Crippen molar-refractivity contribution in [3.05, 3.63) is 52.6 Å². The van der Waals surface area contributed by atoms with Crippen molar-refractivity contribution >= 4 is 40.1 Å². The van der Waals surface area contributed by atoms with Crippen molar-refractivity contribution in [3.8, 4) is 0 Å². The van der Waals surface area contributed by atoms with Crippen molar-refractivity contribution in [1.29, 1.82) is 0 Å². The standard InChI is InChI=1S/C14H10ClF2N5O/c15-6-2-1-3-7(4-6)19-13(22-23)8-5-9(16)10(17)12-11(8)20-14(18)21-12/h1-5,23H,(H,19,22)(H3,18,20,21). The SMILES string of the molecule is Nc1nc2c(F)c(F)cc(C(=Nc3cccc(Cl)c3)NO)c2[nH]1. The summed E-state index contributed by atoms with van der Waals surface area (Å²) < 4.78 is 27.5. The van der Waals surface area contributed by atoms with Gasteiger partial charge in [0, 0.05) is 10.6 Å². The first-order valence-corrected chi connectivity index (χ1v) is 6.75. The Kier molecular flexibility index (Phi) is 3.85. The summed E-state index contributed by atoms with van der Waals surface area (Å²) >= 11 is 5.87. The molecular formula is C14H10ClF2N5O. The van der Waals surface area contributed by atoms with Gasteiger partial charge in [0.2, 0.25) is 0 Å². The molecule has 0 saturated carbocycles. The van der Waals surface area contributed by atoms with Crippen LogP contribution < -0.4 is 11.2 Å². The number of fused-ring (bicyclic) bond motifs is 1. The number of hydroxylamine groups is 1. The summed E-state index contributed by atoms with van der Waals surface area (Å²) in [5.41, 5.74) is 7.64. The van der Waals surface area contributed by atoms with Crippen LogP contribution in [0.1, 0.15) is 5.56 Å². The van der Waals surface area contributed by atoms with E-state index in [1.54, 1.807) is 18.2 Å². The van der Waals surface area contributed by atoms with Gasteiger partial charge in [-0.05, 0) is 24.3 Å². The third-order valence-corrected chi connectivity index (χ3v) is 3.33. The number of nitrogens with one attached hydrogen (secondary N) is 2. The minimum atomic E-state index is -1.15. The van der Waals surface area contributed by atoms with Gasteiger partial charge in [0.25, 0.3) is 0 Å². The van der Waals surface area contributed by atoms with Crippen molar-refractivity contribution in [2.75, 3.05) is 5.73 Å². The van der Waals surface area contributed by atoms with Gasteiger partial charge in [-0.25, -0.2) is 18.8 Å². The lowest BCUT2D eigenvalue weighted by Crippen LogP contribution is -2.21. The van der Waals surface area contributed by atoms with Gasteiger partial charge in [-0.1, -0.05) is 17.7 Å². The van der Waals surface area contributed by atoms with Crippen LogP contribution in [0.4, 0.5) is 20.4 Å². The highest BCUT2D eigenvalue weighted by molar-refractivity contribution is 6.30. The Bertz CT molecular complexity index is 925. The number of H-pyrrole nitrogens is 1. The normalized spacial score (nSPS) is 11.9. The van der Waals surface area contributed by atoms with E-state index in [1.165, 1.54) is 6.07 Å². The summed E-state index contributed by atoms with van der Waals surface area (Å²) in [6.45, 7) is 0. The van der Waals surface area contributed by atoms with Crippen LogP contribution in [0.2, 0.25) is 5.02 Å². The maximum Gasteiger partial charge on any atom is 0.198 e. The fraction of sp³-hybridized carbons (Fsp3) is 0. The maximum absolute atomic E-state index is 13.8. The monoisotopic (exact) mass is 337 g/mol. The third-order valence-electron chi connectivity index (χ3n) is 3.09. The summed E-state index contributed by atoms with van der Waals surface area (Å²) in [6.07, 6.45) is 0. The fourth-order valence-electron chi connectivity index (χ4n) is 2.13. The Morgan fingerprint density at radius 3 is 2.83 bits per heavy atom. The van der Waals surface area contributed by atoms with E-state index >= 15 is 0 Å². The van der Waals surface area contributed by atoms with E-state index in [1.807, 2.05) is 5.48 Å². The molecule has 0 aliphatic heterocycles. The molecule has 118 valence electrons. The van der Waals surface area contributed by atoms with Crippen molar-refractivity contribution in [3.63, 3.8) is 0 Å². The number of hydrogen-bond donors (Lipinski definition) is 4. The number of hydrogen-bond acceptors (Lipinski definition) is 4. The Morgan fingerprint density at radius 1 is 1.35 bits per heavy atom. The number of imidazole rings is 1. The Hall–Kier alpha value is -2.71. The predicted octanol–water partition coefficient (Wildman–Crippen LogP) is 3.13. The Morgan fingerprint density at radius 2 is 2.13 bits per heavy atom. The molecular weight excluding hydrogens is 328 g/mol. The molecule has 6 nitrogen and oxygen atoms in total. The van der Waals surface area contributed by atoms with Gasteiger partial charge in [-0.2, -0.15) is 0 Å².